The maximum absolute atomic E-state index is 10.4. The Bertz CT molecular complexity index is 180. The standard InChI is InChI=1S/C11H18O2/c12-11(13)3-1-2-10(8-4-5-8)9-6-7-9/h8-10H,1-7H2,(H,12,13). The van der Waals surface area contributed by atoms with E-state index in [1.807, 2.05) is 0 Å². The van der Waals surface area contributed by atoms with Crippen LogP contribution in [0.15, 0.2) is 0 Å². The highest BCUT2D eigenvalue weighted by molar-refractivity contribution is 5.66. The summed E-state index contributed by atoms with van der Waals surface area (Å²) < 4.78 is 0. The summed E-state index contributed by atoms with van der Waals surface area (Å²) in [5.41, 5.74) is 0. The monoisotopic (exact) mass is 182 g/mol. The number of carbonyl (C=O) groups is 1. The van der Waals surface area contributed by atoms with Crippen molar-refractivity contribution in [3.05, 3.63) is 0 Å². The molecule has 2 rings (SSSR count). The topological polar surface area (TPSA) is 37.3 Å². The number of carboxylic acid groups (broad SMARTS) is 1. The molecule has 0 aliphatic heterocycles. The first-order valence-corrected chi connectivity index (χ1v) is 5.49. The van der Waals surface area contributed by atoms with Crippen molar-refractivity contribution < 1.29 is 9.90 Å². The van der Waals surface area contributed by atoms with E-state index in [-0.39, 0.29) is 0 Å². The van der Waals surface area contributed by atoms with Crippen LogP contribution in [0.5, 0.6) is 0 Å². The molecular weight excluding hydrogens is 164 g/mol. The van der Waals surface area contributed by atoms with Gasteiger partial charge in [-0.15, -0.1) is 0 Å². The Labute approximate surface area is 79.3 Å². The molecular formula is C11H18O2. The van der Waals surface area contributed by atoms with Gasteiger partial charge in [0.2, 0.25) is 0 Å². The van der Waals surface area contributed by atoms with Crippen molar-refractivity contribution >= 4 is 5.97 Å². The third-order valence-electron chi connectivity index (χ3n) is 3.38. The minimum Gasteiger partial charge on any atom is -0.481 e. The van der Waals surface area contributed by atoms with Crippen LogP contribution in [0.25, 0.3) is 0 Å². The Hall–Kier alpha value is -0.530. The molecule has 0 aromatic carbocycles. The van der Waals surface area contributed by atoms with Crippen LogP contribution in [-0.2, 0) is 4.79 Å². The molecule has 1 N–H and O–H groups in total. The van der Waals surface area contributed by atoms with Gasteiger partial charge in [-0.05, 0) is 56.3 Å². The maximum Gasteiger partial charge on any atom is 0.303 e. The molecule has 0 atom stereocenters. The number of hydrogen-bond acceptors (Lipinski definition) is 1. The van der Waals surface area contributed by atoms with Gasteiger partial charge in [0, 0.05) is 6.42 Å². The van der Waals surface area contributed by atoms with Crippen LogP contribution >= 0.6 is 0 Å². The van der Waals surface area contributed by atoms with Crippen molar-refractivity contribution in [2.45, 2.75) is 44.9 Å². The van der Waals surface area contributed by atoms with Crippen LogP contribution < -0.4 is 0 Å². The average molecular weight is 182 g/mol. The zero-order valence-electron chi connectivity index (χ0n) is 8.04. The second-order valence-electron chi connectivity index (χ2n) is 4.62. The van der Waals surface area contributed by atoms with E-state index in [1.165, 1.54) is 32.1 Å². The summed E-state index contributed by atoms with van der Waals surface area (Å²) in [7, 11) is 0. The lowest BCUT2D eigenvalue weighted by atomic mass is 9.92. The van der Waals surface area contributed by atoms with Crippen LogP contribution in [0.3, 0.4) is 0 Å². The molecule has 0 spiro atoms. The predicted molar refractivity (Wildman–Crippen MR) is 50.4 cm³/mol. The van der Waals surface area contributed by atoms with Crippen molar-refractivity contribution in [3.8, 4) is 0 Å². The van der Waals surface area contributed by atoms with Crippen LogP contribution in [0.2, 0.25) is 0 Å². The zero-order valence-corrected chi connectivity index (χ0v) is 8.04. The summed E-state index contributed by atoms with van der Waals surface area (Å²) in [6.07, 6.45) is 8.08. The number of hydrogen-bond donors (Lipinski definition) is 1. The summed E-state index contributed by atoms with van der Waals surface area (Å²) in [4.78, 5) is 10.4. The van der Waals surface area contributed by atoms with Gasteiger partial charge in [0.05, 0.1) is 0 Å². The highest BCUT2D eigenvalue weighted by Crippen LogP contribution is 2.51. The Morgan fingerprint density at radius 2 is 1.77 bits per heavy atom. The molecule has 0 saturated heterocycles. The SMILES string of the molecule is O=C(O)CCCC(C1CC1)C1CC1. The van der Waals surface area contributed by atoms with Gasteiger partial charge in [-0.2, -0.15) is 0 Å². The summed E-state index contributed by atoms with van der Waals surface area (Å²) in [6.45, 7) is 0. The quantitative estimate of drug-likeness (QED) is 0.685. The predicted octanol–water partition coefficient (Wildman–Crippen LogP) is 2.68. The van der Waals surface area contributed by atoms with E-state index >= 15 is 0 Å². The van der Waals surface area contributed by atoms with E-state index in [0.29, 0.717) is 6.42 Å². The molecule has 0 radical (unpaired) electrons. The Morgan fingerprint density at radius 3 is 2.15 bits per heavy atom. The molecule has 0 unspecified atom stereocenters. The minimum atomic E-state index is -0.634. The molecule has 2 heteroatoms. The Kier molecular flexibility index (Phi) is 2.56. The Morgan fingerprint density at radius 1 is 1.23 bits per heavy atom. The van der Waals surface area contributed by atoms with E-state index < -0.39 is 5.97 Å². The summed E-state index contributed by atoms with van der Waals surface area (Å²) in [5.74, 6) is 2.20. The van der Waals surface area contributed by atoms with Crippen molar-refractivity contribution in [2.24, 2.45) is 17.8 Å². The minimum absolute atomic E-state index is 0.371. The van der Waals surface area contributed by atoms with Gasteiger partial charge in [0.15, 0.2) is 0 Å². The molecule has 2 aliphatic rings. The lowest BCUT2D eigenvalue weighted by Gasteiger charge is -2.13. The third-order valence-corrected chi connectivity index (χ3v) is 3.38. The molecule has 2 saturated carbocycles. The van der Waals surface area contributed by atoms with Crippen LogP contribution in [-0.4, -0.2) is 11.1 Å². The number of carboxylic acids is 1. The van der Waals surface area contributed by atoms with E-state index in [2.05, 4.69) is 0 Å². The van der Waals surface area contributed by atoms with Crippen molar-refractivity contribution in [2.75, 3.05) is 0 Å². The first-order chi connectivity index (χ1) is 6.27. The first kappa shape index (κ1) is 9.04. The second-order valence-corrected chi connectivity index (χ2v) is 4.62. The highest BCUT2D eigenvalue weighted by Gasteiger charge is 2.40. The fourth-order valence-electron chi connectivity index (χ4n) is 2.39. The lowest BCUT2D eigenvalue weighted by molar-refractivity contribution is -0.137. The number of aliphatic carboxylic acids is 1. The van der Waals surface area contributed by atoms with E-state index in [1.54, 1.807) is 0 Å². The summed E-state index contributed by atoms with van der Waals surface area (Å²) >= 11 is 0. The molecule has 2 fully saturated rings. The molecule has 0 heterocycles. The molecule has 13 heavy (non-hydrogen) atoms. The number of rotatable bonds is 6. The fraction of sp³-hybridized carbons (Fsp3) is 0.909. The van der Waals surface area contributed by atoms with Gasteiger partial charge in [-0.1, -0.05) is 0 Å². The molecule has 0 bridgehead atoms. The molecule has 0 amide bonds. The maximum atomic E-state index is 10.4. The molecule has 74 valence electrons. The molecule has 0 aromatic heterocycles. The second kappa shape index (κ2) is 3.69. The van der Waals surface area contributed by atoms with Gasteiger partial charge in [0.1, 0.15) is 0 Å². The first-order valence-electron chi connectivity index (χ1n) is 5.49. The Balaban J connectivity index is 1.67. The normalized spacial score (nSPS) is 22.2. The van der Waals surface area contributed by atoms with Gasteiger partial charge < -0.3 is 5.11 Å². The van der Waals surface area contributed by atoms with E-state index in [4.69, 9.17) is 5.11 Å². The average Bonchev–Trinajstić information content (AvgIpc) is 2.89. The summed E-state index contributed by atoms with van der Waals surface area (Å²) in [6, 6.07) is 0. The van der Waals surface area contributed by atoms with Gasteiger partial charge in [0.25, 0.3) is 0 Å². The van der Waals surface area contributed by atoms with Gasteiger partial charge in [-0.3, -0.25) is 4.79 Å². The molecule has 0 aromatic rings. The summed E-state index contributed by atoms with van der Waals surface area (Å²) in [5, 5.41) is 8.53. The lowest BCUT2D eigenvalue weighted by Crippen LogP contribution is -2.06. The van der Waals surface area contributed by atoms with E-state index in [0.717, 1.165) is 24.2 Å². The van der Waals surface area contributed by atoms with E-state index in [9.17, 15) is 4.79 Å². The third kappa shape index (κ3) is 2.71. The highest BCUT2D eigenvalue weighted by atomic mass is 16.4. The fourth-order valence-corrected chi connectivity index (χ4v) is 2.39. The smallest absolute Gasteiger partial charge is 0.303 e. The van der Waals surface area contributed by atoms with Crippen LogP contribution in [0.1, 0.15) is 44.9 Å². The molecule has 2 nitrogen and oxygen atoms in total. The van der Waals surface area contributed by atoms with Crippen LogP contribution in [0, 0.1) is 17.8 Å². The van der Waals surface area contributed by atoms with Gasteiger partial charge in [-0.25, -0.2) is 0 Å². The largest absolute Gasteiger partial charge is 0.481 e. The molecule has 2 aliphatic carbocycles. The van der Waals surface area contributed by atoms with Crippen molar-refractivity contribution in [1.82, 2.24) is 0 Å². The van der Waals surface area contributed by atoms with Gasteiger partial charge >= 0.3 is 5.97 Å². The van der Waals surface area contributed by atoms with Crippen LogP contribution in [0.4, 0.5) is 0 Å². The zero-order chi connectivity index (χ0) is 9.26. The van der Waals surface area contributed by atoms with Crippen molar-refractivity contribution in [3.63, 3.8) is 0 Å². The van der Waals surface area contributed by atoms with Crippen molar-refractivity contribution in [1.29, 1.82) is 0 Å².